The molecular formula is C17H27N3O. The van der Waals surface area contributed by atoms with E-state index in [1.54, 1.807) is 0 Å². The zero-order valence-electron chi connectivity index (χ0n) is 13.5. The summed E-state index contributed by atoms with van der Waals surface area (Å²) in [5.41, 5.74) is 1.19. The van der Waals surface area contributed by atoms with E-state index in [0.717, 1.165) is 36.8 Å². The molecule has 1 atom stereocenters. The highest BCUT2D eigenvalue weighted by atomic mass is 16.5. The molecular weight excluding hydrogens is 262 g/mol. The molecule has 1 aromatic rings. The Morgan fingerprint density at radius 3 is 2.76 bits per heavy atom. The fourth-order valence-corrected chi connectivity index (χ4v) is 3.65. The van der Waals surface area contributed by atoms with Crippen LogP contribution in [-0.4, -0.2) is 28.2 Å². The average Bonchev–Trinajstić information content (AvgIpc) is 2.86. The number of hydrogen-bond donors (Lipinski definition) is 1. The maximum absolute atomic E-state index is 6.11. The average molecular weight is 289 g/mol. The van der Waals surface area contributed by atoms with E-state index in [0.29, 0.717) is 12.0 Å². The molecule has 4 nitrogen and oxygen atoms in total. The Labute approximate surface area is 127 Å². The van der Waals surface area contributed by atoms with Crippen molar-refractivity contribution < 1.29 is 4.74 Å². The quantitative estimate of drug-likeness (QED) is 0.919. The Kier molecular flexibility index (Phi) is 4.16. The number of nitrogens with one attached hydrogen (secondary N) is 1. The molecule has 1 unspecified atom stereocenters. The molecule has 1 saturated heterocycles. The highest BCUT2D eigenvalue weighted by Gasteiger charge is 2.39. The number of anilines is 1. The first-order chi connectivity index (χ1) is 10.1. The zero-order valence-corrected chi connectivity index (χ0v) is 13.5. The largest absolute Gasteiger partial charge is 0.375 e. The molecule has 2 fully saturated rings. The van der Waals surface area contributed by atoms with E-state index in [-0.39, 0.29) is 5.60 Å². The van der Waals surface area contributed by atoms with E-state index in [4.69, 9.17) is 4.74 Å². The van der Waals surface area contributed by atoms with Gasteiger partial charge >= 0.3 is 0 Å². The first-order valence-corrected chi connectivity index (χ1v) is 8.32. The monoisotopic (exact) mass is 289 g/mol. The van der Waals surface area contributed by atoms with Crippen molar-refractivity contribution in [3.63, 3.8) is 0 Å². The van der Waals surface area contributed by atoms with Gasteiger partial charge in [0.2, 0.25) is 0 Å². The first kappa shape index (κ1) is 14.8. The van der Waals surface area contributed by atoms with Crippen LogP contribution in [0.4, 0.5) is 5.82 Å². The smallest absolute Gasteiger partial charge is 0.133 e. The van der Waals surface area contributed by atoms with E-state index in [1.807, 2.05) is 6.92 Å². The van der Waals surface area contributed by atoms with Crippen LogP contribution in [-0.2, 0) is 4.74 Å². The normalized spacial score (nSPS) is 24.7. The summed E-state index contributed by atoms with van der Waals surface area (Å²) >= 11 is 0. The maximum atomic E-state index is 6.11. The number of ether oxygens (including phenoxy) is 1. The summed E-state index contributed by atoms with van der Waals surface area (Å²) < 4.78 is 6.11. The van der Waals surface area contributed by atoms with Gasteiger partial charge in [-0.1, -0.05) is 26.7 Å². The molecule has 0 bridgehead atoms. The van der Waals surface area contributed by atoms with Crippen molar-refractivity contribution in [2.45, 2.75) is 76.9 Å². The molecule has 1 aliphatic heterocycles. The topological polar surface area (TPSA) is 47.0 Å². The number of nitrogens with zero attached hydrogens (tertiary/aromatic N) is 2. The molecule has 4 heteroatoms. The van der Waals surface area contributed by atoms with Crippen molar-refractivity contribution in [1.82, 2.24) is 9.97 Å². The second kappa shape index (κ2) is 5.91. The molecule has 21 heavy (non-hydrogen) atoms. The van der Waals surface area contributed by atoms with Crippen LogP contribution in [0.1, 0.15) is 69.8 Å². The fraction of sp³-hybridized carbons (Fsp3) is 0.765. The van der Waals surface area contributed by atoms with Gasteiger partial charge in [-0.3, -0.25) is 0 Å². The van der Waals surface area contributed by atoms with Gasteiger partial charge in [0.05, 0.1) is 5.60 Å². The van der Waals surface area contributed by atoms with E-state index in [9.17, 15) is 0 Å². The number of aromatic nitrogens is 2. The van der Waals surface area contributed by atoms with Crippen LogP contribution in [0.2, 0.25) is 0 Å². The molecule has 1 aliphatic carbocycles. The van der Waals surface area contributed by atoms with Gasteiger partial charge in [-0.2, -0.15) is 0 Å². The first-order valence-electron chi connectivity index (χ1n) is 8.32. The van der Waals surface area contributed by atoms with Gasteiger partial charge in [0.1, 0.15) is 11.6 Å². The Morgan fingerprint density at radius 1 is 1.29 bits per heavy atom. The second-order valence-corrected chi connectivity index (χ2v) is 6.98. The summed E-state index contributed by atoms with van der Waals surface area (Å²) in [5, 5.41) is 3.64. The maximum Gasteiger partial charge on any atom is 0.133 e. The van der Waals surface area contributed by atoms with Gasteiger partial charge in [0, 0.05) is 30.3 Å². The van der Waals surface area contributed by atoms with Crippen LogP contribution in [0.5, 0.6) is 0 Å². The van der Waals surface area contributed by atoms with Gasteiger partial charge in [-0.15, -0.1) is 0 Å². The van der Waals surface area contributed by atoms with E-state index < -0.39 is 0 Å². The van der Waals surface area contributed by atoms with E-state index in [1.165, 1.54) is 25.7 Å². The predicted molar refractivity (Wildman–Crippen MR) is 84.7 cm³/mol. The highest BCUT2D eigenvalue weighted by Crippen LogP contribution is 2.40. The lowest BCUT2D eigenvalue weighted by Crippen LogP contribution is -2.42. The molecule has 1 N–H and O–H groups in total. The van der Waals surface area contributed by atoms with E-state index >= 15 is 0 Å². The van der Waals surface area contributed by atoms with Gasteiger partial charge in [0.25, 0.3) is 0 Å². The minimum absolute atomic E-state index is 0.152. The number of rotatable bonds is 3. The van der Waals surface area contributed by atoms with Gasteiger partial charge < -0.3 is 10.1 Å². The van der Waals surface area contributed by atoms with Crippen molar-refractivity contribution in [3.8, 4) is 0 Å². The van der Waals surface area contributed by atoms with Crippen LogP contribution >= 0.6 is 0 Å². The third-order valence-electron chi connectivity index (χ3n) is 4.75. The van der Waals surface area contributed by atoms with Crippen LogP contribution in [0.25, 0.3) is 0 Å². The second-order valence-electron chi connectivity index (χ2n) is 6.98. The lowest BCUT2D eigenvalue weighted by atomic mass is 9.89. The Morgan fingerprint density at radius 2 is 2.05 bits per heavy atom. The van der Waals surface area contributed by atoms with Gasteiger partial charge in [-0.25, -0.2) is 9.97 Å². The zero-order chi connectivity index (χ0) is 14.9. The molecule has 1 saturated carbocycles. The van der Waals surface area contributed by atoms with Crippen LogP contribution < -0.4 is 5.32 Å². The number of hydrogen-bond acceptors (Lipinski definition) is 4. The van der Waals surface area contributed by atoms with E-state index in [2.05, 4.69) is 35.2 Å². The molecule has 1 aromatic heterocycles. The minimum atomic E-state index is 0.152. The molecule has 0 aromatic carbocycles. The highest BCUT2D eigenvalue weighted by molar-refractivity contribution is 5.37. The molecule has 2 aliphatic rings. The minimum Gasteiger partial charge on any atom is -0.375 e. The van der Waals surface area contributed by atoms with Crippen LogP contribution in [0.3, 0.4) is 0 Å². The third kappa shape index (κ3) is 3.37. The molecule has 2 heterocycles. The van der Waals surface area contributed by atoms with Crippen LogP contribution in [0, 0.1) is 6.92 Å². The summed E-state index contributed by atoms with van der Waals surface area (Å²) in [6, 6.07) is 2.54. The Balaban J connectivity index is 1.71. The Hall–Kier alpha value is -1.16. The van der Waals surface area contributed by atoms with Gasteiger partial charge in [-0.05, 0) is 32.6 Å². The summed E-state index contributed by atoms with van der Waals surface area (Å²) in [6.07, 6.45) is 7.28. The molecule has 0 amide bonds. The standard InChI is InChI=1S/C17H27N3O/c1-12(2)16-18-13(3)10-15(20-16)19-14-6-9-21-17(11-14)7-4-5-8-17/h10,12,14H,4-9,11H2,1-3H3,(H,18,19,20). The van der Waals surface area contributed by atoms with Crippen molar-refractivity contribution in [2.75, 3.05) is 11.9 Å². The van der Waals surface area contributed by atoms with Gasteiger partial charge in [0.15, 0.2) is 0 Å². The lowest BCUT2D eigenvalue weighted by Gasteiger charge is -2.38. The van der Waals surface area contributed by atoms with Crippen LogP contribution in [0.15, 0.2) is 6.07 Å². The van der Waals surface area contributed by atoms with Crippen molar-refractivity contribution >= 4 is 5.82 Å². The number of aryl methyl sites for hydroxylation is 1. The molecule has 3 rings (SSSR count). The van der Waals surface area contributed by atoms with Crippen molar-refractivity contribution in [1.29, 1.82) is 0 Å². The Bertz CT molecular complexity index is 495. The molecule has 0 radical (unpaired) electrons. The summed E-state index contributed by atoms with van der Waals surface area (Å²) in [5.74, 6) is 2.27. The van der Waals surface area contributed by atoms with Crippen molar-refractivity contribution in [2.24, 2.45) is 0 Å². The lowest BCUT2D eigenvalue weighted by molar-refractivity contribution is -0.0767. The molecule has 116 valence electrons. The molecule has 1 spiro atoms. The predicted octanol–water partition coefficient (Wildman–Crippen LogP) is 3.81. The fourth-order valence-electron chi connectivity index (χ4n) is 3.65. The SMILES string of the molecule is Cc1cc(NC2CCOC3(CCCC3)C2)nc(C(C)C)n1. The van der Waals surface area contributed by atoms with Crippen molar-refractivity contribution in [3.05, 3.63) is 17.6 Å². The summed E-state index contributed by atoms with van der Waals surface area (Å²) in [6.45, 7) is 7.20. The summed E-state index contributed by atoms with van der Waals surface area (Å²) in [7, 11) is 0. The third-order valence-corrected chi connectivity index (χ3v) is 4.75. The summed E-state index contributed by atoms with van der Waals surface area (Å²) in [4.78, 5) is 9.20.